The molecule has 29 heavy (non-hydrogen) atoms. The molecule has 158 valence electrons. The van der Waals surface area contributed by atoms with E-state index in [1.165, 1.54) is 7.11 Å². The number of halogens is 1. The molecule has 1 N–H and O–H groups in total. The predicted molar refractivity (Wildman–Crippen MR) is 117 cm³/mol. The topological polar surface area (TPSA) is 84.9 Å². The Morgan fingerprint density at radius 3 is 2.34 bits per heavy atom. The highest BCUT2D eigenvalue weighted by Crippen LogP contribution is 2.30. The smallest absolute Gasteiger partial charge is 0.241 e. The molecular weight excluding hydrogens is 460 g/mol. The Hall–Kier alpha value is -2.26. The standard InChI is InChI=1S/C20H25BrN2O5S/c1-13-10-16(7-8-17(13)21)23(29(5,25)26)12-20(24)22-14(2)15-6-9-18(27-3)19(11-15)28-4/h6-11,14H,12H2,1-5H3,(H,22,24)/t14-/m0/s1. The number of carbonyl (C=O) groups excluding carboxylic acids is 1. The molecule has 0 unspecified atom stereocenters. The largest absolute Gasteiger partial charge is 0.493 e. The summed E-state index contributed by atoms with van der Waals surface area (Å²) in [5.41, 5.74) is 2.11. The van der Waals surface area contributed by atoms with Gasteiger partial charge in [0.25, 0.3) is 0 Å². The number of benzene rings is 2. The lowest BCUT2D eigenvalue weighted by Crippen LogP contribution is -2.41. The number of carbonyl (C=O) groups is 1. The molecule has 2 rings (SSSR count). The van der Waals surface area contributed by atoms with E-state index in [1.807, 2.05) is 19.9 Å². The van der Waals surface area contributed by atoms with Crippen LogP contribution >= 0.6 is 15.9 Å². The second-order valence-corrected chi connectivity index (χ2v) is 9.37. The van der Waals surface area contributed by atoms with E-state index >= 15 is 0 Å². The van der Waals surface area contributed by atoms with Crippen LogP contribution in [0, 0.1) is 6.92 Å². The Labute approximate surface area is 180 Å². The van der Waals surface area contributed by atoms with Crippen LogP contribution in [-0.2, 0) is 14.8 Å². The molecule has 2 aromatic carbocycles. The summed E-state index contributed by atoms with van der Waals surface area (Å²) in [6.45, 7) is 3.35. The van der Waals surface area contributed by atoms with Gasteiger partial charge in [0, 0.05) is 4.47 Å². The van der Waals surface area contributed by atoms with E-state index < -0.39 is 15.9 Å². The van der Waals surface area contributed by atoms with Gasteiger partial charge in [-0.2, -0.15) is 0 Å². The van der Waals surface area contributed by atoms with Crippen molar-refractivity contribution in [3.8, 4) is 11.5 Å². The van der Waals surface area contributed by atoms with Gasteiger partial charge in [0.2, 0.25) is 15.9 Å². The van der Waals surface area contributed by atoms with E-state index in [0.29, 0.717) is 17.2 Å². The van der Waals surface area contributed by atoms with Crippen LogP contribution in [-0.4, -0.2) is 41.3 Å². The molecule has 2 aromatic rings. The van der Waals surface area contributed by atoms with Crippen molar-refractivity contribution in [1.29, 1.82) is 0 Å². The van der Waals surface area contributed by atoms with Gasteiger partial charge in [-0.15, -0.1) is 0 Å². The van der Waals surface area contributed by atoms with Gasteiger partial charge in [0.15, 0.2) is 11.5 Å². The first kappa shape index (κ1) is 23.0. The number of anilines is 1. The highest BCUT2D eigenvalue weighted by Gasteiger charge is 2.22. The van der Waals surface area contributed by atoms with Gasteiger partial charge >= 0.3 is 0 Å². The lowest BCUT2D eigenvalue weighted by Gasteiger charge is -2.24. The number of rotatable bonds is 8. The maximum absolute atomic E-state index is 12.6. The Morgan fingerprint density at radius 1 is 1.14 bits per heavy atom. The molecule has 0 bridgehead atoms. The molecule has 7 nitrogen and oxygen atoms in total. The van der Waals surface area contributed by atoms with E-state index in [4.69, 9.17) is 9.47 Å². The molecule has 0 saturated carbocycles. The summed E-state index contributed by atoms with van der Waals surface area (Å²) in [5, 5.41) is 2.83. The number of ether oxygens (including phenoxy) is 2. The predicted octanol–water partition coefficient (Wildman–Crippen LogP) is 3.42. The number of methoxy groups -OCH3 is 2. The number of hydrogen-bond acceptors (Lipinski definition) is 5. The lowest BCUT2D eigenvalue weighted by atomic mass is 10.1. The minimum atomic E-state index is -3.64. The van der Waals surface area contributed by atoms with E-state index in [0.717, 1.165) is 26.2 Å². The molecule has 1 atom stereocenters. The fraction of sp³-hybridized carbons (Fsp3) is 0.350. The van der Waals surface area contributed by atoms with Gasteiger partial charge in [0.1, 0.15) is 6.54 Å². The second kappa shape index (κ2) is 9.49. The minimum Gasteiger partial charge on any atom is -0.493 e. The van der Waals surface area contributed by atoms with Crippen molar-refractivity contribution in [3.05, 3.63) is 52.0 Å². The summed E-state index contributed by atoms with van der Waals surface area (Å²) in [6.07, 6.45) is 1.08. The van der Waals surface area contributed by atoms with Crippen molar-refractivity contribution < 1.29 is 22.7 Å². The van der Waals surface area contributed by atoms with Crippen LogP contribution in [0.25, 0.3) is 0 Å². The first-order valence-electron chi connectivity index (χ1n) is 8.82. The molecule has 0 aromatic heterocycles. The Balaban J connectivity index is 2.19. The van der Waals surface area contributed by atoms with E-state index in [1.54, 1.807) is 37.4 Å². The molecule has 0 radical (unpaired) electrons. The zero-order chi connectivity index (χ0) is 21.8. The Bertz CT molecular complexity index is 994. The van der Waals surface area contributed by atoms with Crippen molar-refractivity contribution in [2.75, 3.05) is 31.3 Å². The molecule has 9 heteroatoms. The van der Waals surface area contributed by atoms with Gasteiger partial charge in [-0.25, -0.2) is 8.42 Å². The molecule has 0 fully saturated rings. The molecule has 0 aliphatic rings. The molecule has 1 amide bonds. The third-order valence-corrected chi connectivity index (χ3v) is 6.43. The van der Waals surface area contributed by atoms with Gasteiger partial charge in [-0.3, -0.25) is 9.10 Å². The zero-order valence-corrected chi connectivity index (χ0v) is 19.4. The number of sulfonamides is 1. The summed E-state index contributed by atoms with van der Waals surface area (Å²) in [7, 11) is -0.557. The number of aryl methyl sites for hydroxylation is 1. The van der Waals surface area contributed by atoms with Crippen LogP contribution in [0.5, 0.6) is 11.5 Å². The highest BCUT2D eigenvalue weighted by molar-refractivity contribution is 9.10. The molecule has 0 aliphatic heterocycles. The third kappa shape index (κ3) is 5.86. The quantitative estimate of drug-likeness (QED) is 0.620. The summed E-state index contributed by atoms with van der Waals surface area (Å²) >= 11 is 3.39. The fourth-order valence-corrected chi connectivity index (χ4v) is 3.90. The SMILES string of the molecule is COc1ccc([C@H](C)NC(=O)CN(c2ccc(Br)c(C)c2)S(C)(=O)=O)cc1OC. The number of hydrogen-bond donors (Lipinski definition) is 1. The maximum atomic E-state index is 12.6. The average Bonchev–Trinajstić information content (AvgIpc) is 2.66. The van der Waals surface area contributed by atoms with Crippen molar-refractivity contribution in [2.24, 2.45) is 0 Å². The van der Waals surface area contributed by atoms with Crippen LogP contribution < -0.4 is 19.1 Å². The van der Waals surface area contributed by atoms with E-state index in [2.05, 4.69) is 21.2 Å². The first-order valence-corrected chi connectivity index (χ1v) is 11.5. The van der Waals surface area contributed by atoms with Gasteiger partial charge in [0.05, 0.1) is 32.2 Å². The zero-order valence-electron chi connectivity index (χ0n) is 17.0. The van der Waals surface area contributed by atoms with Crippen molar-refractivity contribution in [2.45, 2.75) is 19.9 Å². The normalized spacial score (nSPS) is 12.2. The van der Waals surface area contributed by atoms with Gasteiger partial charge in [-0.05, 0) is 55.3 Å². The lowest BCUT2D eigenvalue weighted by molar-refractivity contribution is -0.120. The monoisotopic (exact) mass is 484 g/mol. The summed E-state index contributed by atoms with van der Waals surface area (Å²) < 4.78 is 37.0. The van der Waals surface area contributed by atoms with Crippen LogP contribution in [0.4, 0.5) is 5.69 Å². The van der Waals surface area contributed by atoms with Crippen LogP contribution in [0.15, 0.2) is 40.9 Å². The maximum Gasteiger partial charge on any atom is 0.241 e. The van der Waals surface area contributed by atoms with Crippen molar-refractivity contribution in [1.82, 2.24) is 5.32 Å². The summed E-state index contributed by atoms with van der Waals surface area (Å²) in [4.78, 5) is 12.6. The summed E-state index contributed by atoms with van der Waals surface area (Å²) in [6, 6.07) is 10.1. The van der Waals surface area contributed by atoms with Crippen LogP contribution in [0.1, 0.15) is 24.1 Å². The Morgan fingerprint density at radius 2 is 1.79 bits per heavy atom. The summed E-state index contributed by atoms with van der Waals surface area (Å²) in [5.74, 6) is 0.719. The molecule has 0 saturated heterocycles. The van der Waals surface area contributed by atoms with Crippen LogP contribution in [0.3, 0.4) is 0 Å². The van der Waals surface area contributed by atoms with E-state index in [9.17, 15) is 13.2 Å². The average molecular weight is 485 g/mol. The van der Waals surface area contributed by atoms with Gasteiger partial charge in [-0.1, -0.05) is 22.0 Å². The molecule has 0 spiro atoms. The Kier molecular flexibility index (Phi) is 7.54. The number of nitrogens with one attached hydrogen (secondary N) is 1. The minimum absolute atomic E-state index is 0.322. The van der Waals surface area contributed by atoms with E-state index in [-0.39, 0.29) is 12.6 Å². The number of amides is 1. The first-order chi connectivity index (χ1) is 13.6. The fourth-order valence-electron chi connectivity index (χ4n) is 2.81. The number of nitrogens with zero attached hydrogens (tertiary/aromatic N) is 1. The third-order valence-electron chi connectivity index (χ3n) is 4.40. The second-order valence-electron chi connectivity index (χ2n) is 6.61. The van der Waals surface area contributed by atoms with Crippen molar-refractivity contribution in [3.63, 3.8) is 0 Å². The van der Waals surface area contributed by atoms with Crippen molar-refractivity contribution >= 4 is 37.5 Å². The highest BCUT2D eigenvalue weighted by atomic mass is 79.9. The molecule has 0 aliphatic carbocycles. The molecular formula is C20H25BrN2O5S. The van der Waals surface area contributed by atoms with Crippen LogP contribution in [0.2, 0.25) is 0 Å². The molecule has 0 heterocycles. The van der Waals surface area contributed by atoms with Gasteiger partial charge < -0.3 is 14.8 Å².